The van der Waals surface area contributed by atoms with E-state index in [0.29, 0.717) is 79.5 Å². The second-order valence-corrected chi connectivity index (χ2v) is 10.3. The van der Waals surface area contributed by atoms with Crippen molar-refractivity contribution >= 4 is 40.6 Å². The molecule has 0 aliphatic carbocycles. The van der Waals surface area contributed by atoms with Gasteiger partial charge in [-0.05, 0) is 24.5 Å². The highest BCUT2D eigenvalue weighted by Crippen LogP contribution is 2.38. The van der Waals surface area contributed by atoms with E-state index in [9.17, 15) is 9.59 Å². The maximum atomic E-state index is 13.2. The second kappa shape index (κ2) is 9.21. The molecule has 6 rings (SSSR count). The first-order chi connectivity index (χ1) is 18.3. The van der Waals surface area contributed by atoms with E-state index in [1.54, 1.807) is 23.2 Å². The van der Waals surface area contributed by atoms with Crippen LogP contribution in [-0.2, 0) is 9.53 Å². The van der Waals surface area contributed by atoms with E-state index in [2.05, 4.69) is 25.3 Å². The summed E-state index contributed by atoms with van der Waals surface area (Å²) in [5.74, 6) is 0.0334. The van der Waals surface area contributed by atoms with Gasteiger partial charge in [-0.15, -0.1) is 0 Å². The summed E-state index contributed by atoms with van der Waals surface area (Å²) >= 11 is 0. The van der Waals surface area contributed by atoms with Crippen LogP contribution in [0, 0.1) is 12.3 Å². The van der Waals surface area contributed by atoms with Crippen molar-refractivity contribution in [1.29, 1.82) is 0 Å². The van der Waals surface area contributed by atoms with E-state index in [-0.39, 0.29) is 17.0 Å². The number of rotatable bonds is 5. The van der Waals surface area contributed by atoms with Gasteiger partial charge in [-0.3, -0.25) is 19.5 Å². The fourth-order valence-electron chi connectivity index (χ4n) is 4.68. The standard InChI is InChI=1S/C26H27N7O5/c1-15-10-16(4-5-27-15)24-29-18(13-37-24)23(35)28-17-11-19-21(31-25(38-19)32-6-8-36-9-7-32)30-22(17)33-14-26(2,3)12-20(33)34/h4-5,10-11,13H,6-9,12,14H2,1-3H3,(H,28,35). The third-order valence-corrected chi connectivity index (χ3v) is 6.53. The van der Waals surface area contributed by atoms with Gasteiger partial charge in [0.05, 0.1) is 18.9 Å². The predicted octanol–water partition coefficient (Wildman–Crippen LogP) is 3.43. The summed E-state index contributed by atoms with van der Waals surface area (Å²) in [4.78, 5) is 47.5. The Morgan fingerprint density at radius 2 is 1.95 bits per heavy atom. The van der Waals surface area contributed by atoms with Crippen LogP contribution < -0.4 is 15.1 Å². The molecular formula is C26H27N7O5. The van der Waals surface area contributed by atoms with Crippen molar-refractivity contribution in [3.05, 3.63) is 42.0 Å². The fourth-order valence-corrected chi connectivity index (χ4v) is 4.68. The first kappa shape index (κ1) is 24.0. The number of aromatic nitrogens is 4. The molecule has 0 aromatic carbocycles. The lowest BCUT2D eigenvalue weighted by Crippen LogP contribution is -2.36. The number of morpholine rings is 1. The molecule has 2 fully saturated rings. The quantitative estimate of drug-likeness (QED) is 0.419. The van der Waals surface area contributed by atoms with Crippen LogP contribution in [0.3, 0.4) is 0 Å². The van der Waals surface area contributed by atoms with Crippen molar-refractivity contribution in [3.63, 3.8) is 0 Å². The number of carbonyl (C=O) groups excluding carboxylic acids is 2. The molecule has 0 spiro atoms. The van der Waals surface area contributed by atoms with Gasteiger partial charge >= 0.3 is 0 Å². The van der Waals surface area contributed by atoms with Crippen molar-refractivity contribution in [2.24, 2.45) is 5.41 Å². The molecule has 0 saturated carbocycles. The molecule has 6 heterocycles. The number of hydrogen-bond acceptors (Lipinski definition) is 10. The van der Waals surface area contributed by atoms with Crippen LogP contribution in [0.25, 0.3) is 22.7 Å². The van der Waals surface area contributed by atoms with Gasteiger partial charge in [-0.2, -0.15) is 4.98 Å². The third kappa shape index (κ3) is 4.58. The lowest BCUT2D eigenvalue weighted by Gasteiger charge is -2.24. The van der Waals surface area contributed by atoms with Crippen LogP contribution in [0.15, 0.2) is 39.5 Å². The van der Waals surface area contributed by atoms with Crippen LogP contribution >= 0.6 is 0 Å². The molecule has 0 unspecified atom stereocenters. The van der Waals surface area contributed by atoms with Crippen molar-refractivity contribution < 1.29 is 23.2 Å². The third-order valence-electron chi connectivity index (χ3n) is 6.53. The molecule has 0 bridgehead atoms. The lowest BCUT2D eigenvalue weighted by atomic mass is 9.93. The van der Waals surface area contributed by atoms with E-state index >= 15 is 0 Å². The first-order valence-electron chi connectivity index (χ1n) is 12.4. The minimum atomic E-state index is -0.507. The SMILES string of the molecule is Cc1cc(-c2nc(C(=O)Nc3cc4oc(N5CCOCC5)nc4nc3N3CC(C)(C)CC3=O)co2)ccn1. The molecule has 196 valence electrons. The average Bonchev–Trinajstić information content (AvgIpc) is 3.61. The van der Waals surface area contributed by atoms with Crippen LogP contribution in [-0.4, -0.2) is 64.6 Å². The average molecular weight is 518 g/mol. The highest BCUT2D eigenvalue weighted by Gasteiger charge is 2.38. The highest BCUT2D eigenvalue weighted by atomic mass is 16.5. The van der Waals surface area contributed by atoms with Crippen molar-refractivity contribution in [2.75, 3.05) is 48.0 Å². The van der Waals surface area contributed by atoms with Crippen LogP contribution in [0.4, 0.5) is 17.5 Å². The van der Waals surface area contributed by atoms with Crippen LogP contribution in [0.1, 0.15) is 36.5 Å². The number of aryl methyl sites for hydroxylation is 1. The zero-order chi connectivity index (χ0) is 26.4. The Kier molecular flexibility index (Phi) is 5.83. The van der Waals surface area contributed by atoms with Gasteiger partial charge in [0.1, 0.15) is 6.26 Å². The van der Waals surface area contributed by atoms with Gasteiger partial charge in [-0.25, -0.2) is 9.97 Å². The monoisotopic (exact) mass is 517 g/mol. The molecule has 4 aromatic heterocycles. The second-order valence-electron chi connectivity index (χ2n) is 10.3. The number of ether oxygens (including phenoxy) is 1. The van der Waals surface area contributed by atoms with E-state index in [1.807, 2.05) is 31.7 Å². The summed E-state index contributed by atoms with van der Waals surface area (Å²) in [7, 11) is 0. The molecular weight excluding hydrogens is 490 g/mol. The molecule has 12 nitrogen and oxygen atoms in total. The summed E-state index contributed by atoms with van der Waals surface area (Å²) in [6.07, 6.45) is 3.32. The van der Waals surface area contributed by atoms with Gasteiger partial charge < -0.3 is 23.8 Å². The molecule has 2 aliphatic heterocycles. The Labute approximate surface area is 218 Å². The number of nitrogens with one attached hydrogen (secondary N) is 1. The van der Waals surface area contributed by atoms with Gasteiger partial charge in [0.25, 0.3) is 11.9 Å². The molecule has 0 atom stereocenters. The Morgan fingerprint density at radius 3 is 2.68 bits per heavy atom. The van der Waals surface area contributed by atoms with Gasteiger partial charge in [0.2, 0.25) is 17.4 Å². The van der Waals surface area contributed by atoms with Crippen molar-refractivity contribution in [3.8, 4) is 11.5 Å². The normalized spacial score (nSPS) is 17.4. The minimum Gasteiger partial charge on any atom is -0.444 e. The number of pyridine rings is 2. The highest BCUT2D eigenvalue weighted by molar-refractivity contribution is 6.07. The summed E-state index contributed by atoms with van der Waals surface area (Å²) in [6.45, 7) is 8.80. The predicted molar refractivity (Wildman–Crippen MR) is 138 cm³/mol. The van der Waals surface area contributed by atoms with Gasteiger partial charge in [-0.1, -0.05) is 13.8 Å². The Hall–Kier alpha value is -4.32. The summed E-state index contributed by atoms with van der Waals surface area (Å²) in [5, 5.41) is 2.86. The van der Waals surface area contributed by atoms with Gasteiger partial charge in [0, 0.05) is 49.6 Å². The van der Waals surface area contributed by atoms with Crippen LogP contribution in [0.2, 0.25) is 0 Å². The Morgan fingerprint density at radius 1 is 1.13 bits per heavy atom. The number of carbonyl (C=O) groups is 2. The van der Waals surface area contributed by atoms with E-state index in [4.69, 9.17) is 13.6 Å². The molecule has 1 N–H and O–H groups in total. The molecule has 2 amide bonds. The first-order valence-corrected chi connectivity index (χ1v) is 12.4. The van der Waals surface area contributed by atoms with E-state index in [0.717, 1.165) is 5.69 Å². The van der Waals surface area contributed by atoms with Crippen molar-refractivity contribution in [1.82, 2.24) is 19.9 Å². The number of hydrogen-bond donors (Lipinski definition) is 1. The largest absolute Gasteiger partial charge is 0.444 e. The Balaban J connectivity index is 1.35. The molecule has 0 radical (unpaired) electrons. The molecule has 2 aliphatic rings. The molecule has 2 saturated heterocycles. The number of amides is 2. The lowest BCUT2D eigenvalue weighted by molar-refractivity contribution is -0.117. The topological polar surface area (TPSA) is 140 Å². The summed E-state index contributed by atoms with van der Waals surface area (Å²) in [6, 6.07) is 5.65. The van der Waals surface area contributed by atoms with Gasteiger partial charge in [0.15, 0.2) is 17.1 Å². The summed E-state index contributed by atoms with van der Waals surface area (Å²) in [5.41, 5.74) is 2.43. The maximum Gasteiger partial charge on any atom is 0.300 e. The number of anilines is 3. The number of oxazole rings is 2. The number of fused-ring (bicyclic) bond motifs is 1. The van der Waals surface area contributed by atoms with E-state index in [1.165, 1.54) is 6.26 Å². The minimum absolute atomic E-state index is 0.0778. The Bertz CT molecular complexity index is 1540. The maximum absolute atomic E-state index is 13.2. The smallest absolute Gasteiger partial charge is 0.300 e. The number of nitrogens with zero attached hydrogens (tertiary/aromatic N) is 6. The molecule has 38 heavy (non-hydrogen) atoms. The zero-order valence-corrected chi connectivity index (χ0v) is 21.4. The fraction of sp³-hybridized carbons (Fsp3) is 0.385. The van der Waals surface area contributed by atoms with E-state index < -0.39 is 5.91 Å². The molecule has 12 heteroatoms. The van der Waals surface area contributed by atoms with Crippen LogP contribution in [0.5, 0.6) is 0 Å². The molecule has 4 aromatic rings. The van der Waals surface area contributed by atoms with Crippen molar-refractivity contribution in [2.45, 2.75) is 27.2 Å². The summed E-state index contributed by atoms with van der Waals surface area (Å²) < 4.78 is 17.0. The zero-order valence-electron chi connectivity index (χ0n) is 21.4.